The van der Waals surface area contributed by atoms with Gasteiger partial charge in [0.2, 0.25) is 5.91 Å². The van der Waals surface area contributed by atoms with Crippen LogP contribution in [0.5, 0.6) is 0 Å². The molecule has 1 aromatic carbocycles. The normalized spacial score (nSPS) is 19.7. The second-order valence-electron chi connectivity index (χ2n) is 5.14. The Balaban J connectivity index is 0.000000413. The summed E-state index contributed by atoms with van der Waals surface area (Å²) < 4.78 is 0. The Labute approximate surface area is 138 Å². The molecule has 1 aromatic rings. The summed E-state index contributed by atoms with van der Waals surface area (Å²) >= 11 is 0. The highest BCUT2D eigenvalue weighted by Crippen LogP contribution is 2.08. The molecule has 1 fully saturated rings. The molecule has 1 amide bonds. The van der Waals surface area contributed by atoms with E-state index in [1.807, 2.05) is 30.3 Å². The molecule has 1 aliphatic rings. The summed E-state index contributed by atoms with van der Waals surface area (Å²) in [7, 11) is 0. The number of hydrogen-bond acceptors (Lipinski definition) is 6. The number of benzene rings is 1. The fraction of sp³-hybridized carbons (Fsp3) is 0.400. The summed E-state index contributed by atoms with van der Waals surface area (Å²) in [6, 6.07) is 10.0. The molecular formula is C15H21N3O6. The van der Waals surface area contributed by atoms with Crippen molar-refractivity contribution in [1.82, 2.24) is 10.8 Å². The predicted octanol–water partition coefficient (Wildman–Crippen LogP) is -0.531. The zero-order valence-electron chi connectivity index (χ0n) is 13.0. The second kappa shape index (κ2) is 10.3. The van der Waals surface area contributed by atoms with E-state index in [2.05, 4.69) is 10.8 Å². The van der Waals surface area contributed by atoms with Gasteiger partial charge in [0.15, 0.2) is 0 Å². The number of carbonyl (C=O) groups is 3. The maximum atomic E-state index is 11.0. The molecule has 0 bridgehead atoms. The van der Waals surface area contributed by atoms with Gasteiger partial charge in [-0.15, -0.1) is 0 Å². The van der Waals surface area contributed by atoms with E-state index in [9.17, 15) is 4.79 Å². The molecule has 9 heteroatoms. The molecule has 1 saturated heterocycles. The van der Waals surface area contributed by atoms with Crippen molar-refractivity contribution in [3.8, 4) is 0 Å². The van der Waals surface area contributed by atoms with Gasteiger partial charge in [0.05, 0.1) is 12.6 Å². The SMILES string of the molecule is NC(=O)[C@@H]1CC[C@@H](NOCc2ccccc2)CN1.O=C(O)C(=O)O. The molecule has 9 nitrogen and oxygen atoms in total. The Bertz CT molecular complexity index is 531. The third-order valence-electron chi connectivity index (χ3n) is 3.27. The molecule has 6 N–H and O–H groups in total. The average Bonchev–Trinajstić information content (AvgIpc) is 2.57. The summed E-state index contributed by atoms with van der Waals surface area (Å²) in [5.41, 5.74) is 9.38. The quantitative estimate of drug-likeness (QED) is 0.355. The lowest BCUT2D eigenvalue weighted by molar-refractivity contribution is -0.159. The number of nitrogens with two attached hydrogens (primary N) is 1. The third-order valence-corrected chi connectivity index (χ3v) is 3.27. The zero-order chi connectivity index (χ0) is 17.9. The van der Waals surface area contributed by atoms with E-state index in [0.717, 1.165) is 18.4 Å². The summed E-state index contributed by atoms with van der Waals surface area (Å²) in [6.45, 7) is 1.24. The van der Waals surface area contributed by atoms with Gasteiger partial charge >= 0.3 is 11.9 Å². The van der Waals surface area contributed by atoms with E-state index in [-0.39, 0.29) is 18.0 Å². The number of hydrogen-bond donors (Lipinski definition) is 5. The van der Waals surface area contributed by atoms with E-state index in [4.69, 9.17) is 30.4 Å². The Morgan fingerprint density at radius 2 is 1.79 bits per heavy atom. The van der Waals surface area contributed by atoms with Crippen LogP contribution in [0.2, 0.25) is 0 Å². The van der Waals surface area contributed by atoms with Crippen LogP contribution in [0.15, 0.2) is 30.3 Å². The molecule has 0 saturated carbocycles. The Morgan fingerprint density at radius 3 is 2.25 bits per heavy atom. The van der Waals surface area contributed by atoms with Gasteiger partial charge in [-0.2, -0.15) is 5.48 Å². The average molecular weight is 339 g/mol. The molecule has 0 radical (unpaired) electrons. The standard InChI is InChI=1S/C13H19N3O2.C2H2O4/c14-13(17)12-7-6-11(8-15-12)16-18-9-10-4-2-1-3-5-10;3-1(4)2(5)6/h1-5,11-12,15-16H,6-9H2,(H2,14,17);(H,3,4)(H,5,6)/t11-,12+;/m1./s1. The number of aliphatic carboxylic acids is 2. The Hall–Kier alpha value is -2.49. The van der Waals surface area contributed by atoms with Gasteiger partial charge in [0, 0.05) is 12.6 Å². The van der Waals surface area contributed by atoms with Crippen LogP contribution < -0.4 is 16.5 Å². The highest BCUT2D eigenvalue weighted by atomic mass is 16.6. The van der Waals surface area contributed by atoms with Gasteiger partial charge < -0.3 is 21.3 Å². The fourth-order valence-electron chi connectivity index (χ4n) is 2.02. The number of primary amides is 1. The van der Waals surface area contributed by atoms with Crippen molar-refractivity contribution in [2.24, 2.45) is 5.73 Å². The maximum Gasteiger partial charge on any atom is 0.414 e. The van der Waals surface area contributed by atoms with E-state index in [0.29, 0.717) is 13.2 Å². The first-order valence-electron chi connectivity index (χ1n) is 7.30. The van der Waals surface area contributed by atoms with E-state index in [1.165, 1.54) is 0 Å². The number of carboxylic acids is 2. The molecule has 1 aliphatic heterocycles. The topological polar surface area (TPSA) is 151 Å². The largest absolute Gasteiger partial charge is 0.473 e. The van der Waals surface area contributed by atoms with E-state index >= 15 is 0 Å². The zero-order valence-corrected chi connectivity index (χ0v) is 13.0. The van der Waals surface area contributed by atoms with Crippen LogP contribution in [-0.4, -0.2) is 46.7 Å². The van der Waals surface area contributed by atoms with Crippen LogP contribution in [0.25, 0.3) is 0 Å². The minimum atomic E-state index is -1.82. The minimum Gasteiger partial charge on any atom is -0.473 e. The lowest BCUT2D eigenvalue weighted by atomic mass is 10.0. The van der Waals surface area contributed by atoms with E-state index < -0.39 is 11.9 Å². The number of carbonyl (C=O) groups excluding carboxylic acids is 1. The van der Waals surface area contributed by atoms with Crippen molar-refractivity contribution in [1.29, 1.82) is 0 Å². The number of amides is 1. The number of hydroxylamine groups is 1. The van der Waals surface area contributed by atoms with Gasteiger partial charge in [0.1, 0.15) is 0 Å². The summed E-state index contributed by atoms with van der Waals surface area (Å²) in [5.74, 6) is -3.93. The molecule has 2 atom stereocenters. The number of nitrogens with one attached hydrogen (secondary N) is 2. The van der Waals surface area contributed by atoms with Crippen LogP contribution in [0, 0.1) is 0 Å². The second-order valence-corrected chi connectivity index (χ2v) is 5.14. The first-order valence-corrected chi connectivity index (χ1v) is 7.30. The van der Waals surface area contributed by atoms with Gasteiger partial charge in [0.25, 0.3) is 0 Å². The lowest BCUT2D eigenvalue weighted by Gasteiger charge is -2.28. The number of carboxylic acid groups (broad SMARTS) is 2. The number of piperidine rings is 1. The van der Waals surface area contributed by atoms with Crippen molar-refractivity contribution in [2.45, 2.75) is 31.5 Å². The van der Waals surface area contributed by atoms with Crippen LogP contribution in [0.3, 0.4) is 0 Å². The van der Waals surface area contributed by atoms with Crippen molar-refractivity contribution < 1.29 is 29.4 Å². The summed E-state index contributed by atoms with van der Waals surface area (Å²) in [5, 5.41) is 17.9. The predicted molar refractivity (Wildman–Crippen MR) is 83.6 cm³/mol. The van der Waals surface area contributed by atoms with Gasteiger partial charge in [-0.3, -0.25) is 9.63 Å². The Morgan fingerprint density at radius 1 is 1.17 bits per heavy atom. The number of rotatable bonds is 5. The first kappa shape index (κ1) is 19.6. The third kappa shape index (κ3) is 7.68. The van der Waals surface area contributed by atoms with Crippen molar-refractivity contribution in [3.63, 3.8) is 0 Å². The molecule has 0 aromatic heterocycles. The smallest absolute Gasteiger partial charge is 0.414 e. The van der Waals surface area contributed by atoms with Crippen molar-refractivity contribution in [2.75, 3.05) is 6.54 Å². The van der Waals surface area contributed by atoms with Gasteiger partial charge in [-0.25, -0.2) is 9.59 Å². The highest BCUT2D eigenvalue weighted by molar-refractivity contribution is 6.27. The van der Waals surface area contributed by atoms with Gasteiger partial charge in [-0.1, -0.05) is 30.3 Å². The molecule has 0 unspecified atom stereocenters. The van der Waals surface area contributed by atoms with Crippen LogP contribution >= 0.6 is 0 Å². The molecule has 132 valence electrons. The molecule has 0 aliphatic carbocycles. The van der Waals surface area contributed by atoms with Crippen LogP contribution in [0.1, 0.15) is 18.4 Å². The minimum absolute atomic E-state index is 0.197. The van der Waals surface area contributed by atoms with Crippen molar-refractivity contribution in [3.05, 3.63) is 35.9 Å². The van der Waals surface area contributed by atoms with Crippen molar-refractivity contribution >= 4 is 17.8 Å². The summed E-state index contributed by atoms with van der Waals surface area (Å²) in [6.07, 6.45) is 1.64. The molecule has 24 heavy (non-hydrogen) atoms. The first-order chi connectivity index (χ1) is 11.4. The van der Waals surface area contributed by atoms with E-state index in [1.54, 1.807) is 0 Å². The Kier molecular flexibility index (Phi) is 8.41. The molecule has 2 rings (SSSR count). The van der Waals surface area contributed by atoms with Crippen LogP contribution in [-0.2, 0) is 25.8 Å². The highest BCUT2D eigenvalue weighted by Gasteiger charge is 2.23. The monoisotopic (exact) mass is 339 g/mol. The molecular weight excluding hydrogens is 318 g/mol. The molecule has 1 heterocycles. The van der Waals surface area contributed by atoms with Gasteiger partial charge in [-0.05, 0) is 18.4 Å². The maximum absolute atomic E-state index is 11.0. The fourth-order valence-corrected chi connectivity index (χ4v) is 2.02. The lowest BCUT2D eigenvalue weighted by Crippen LogP contribution is -2.52. The molecule has 0 spiro atoms. The van der Waals surface area contributed by atoms with Crippen LogP contribution in [0.4, 0.5) is 0 Å². The summed E-state index contributed by atoms with van der Waals surface area (Å²) in [4.78, 5) is 34.6.